The molecule has 1 N–H and O–H groups in total. The summed E-state index contributed by atoms with van der Waals surface area (Å²) < 4.78 is 5.05. The molecule has 0 amide bonds. The Kier molecular flexibility index (Phi) is 5.36. The Hall–Kier alpha value is -1.84. The van der Waals surface area contributed by atoms with Gasteiger partial charge in [0.2, 0.25) is 0 Å². The van der Waals surface area contributed by atoms with Crippen molar-refractivity contribution in [2.45, 2.75) is 26.7 Å². The molecule has 0 radical (unpaired) electrons. The maximum absolute atomic E-state index is 11.8. The SMILES string of the molecule is CC(C)CCC(C(=O)O)C(=O)Oc1ccccc1. The fourth-order valence-corrected chi connectivity index (χ4v) is 1.52. The highest BCUT2D eigenvalue weighted by Crippen LogP contribution is 2.17. The number of benzene rings is 1. The fourth-order valence-electron chi connectivity index (χ4n) is 1.52. The van der Waals surface area contributed by atoms with Crippen LogP contribution in [0.25, 0.3) is 0 Å². The van der Waals surface area contributed by atoms with Crippen LogP contribution in [-0.4, -0.2) is 17.0 Å². The average Bonchev–Trinajstić information content (AvgIpc) is 2.29. The molecule has 0 saturated carbocycles. The molecule has 0 spiro atoms. The first-order valence-electron chi connectivity index (χ1n) is 6.00. The number of carboxylic acid groups (broad SMARTS) is 1. The monoisotopic (exact) mass is 250 g/mol. The smallest absolute Gasteiger partial charge is 0.325 e. The van der Waals surface area contributed by atoms with E-state index >= 15 is 0 Å². The normalized spacial score (nSPS) is 12.2. The summed E-state index contributed by atoms with van der Waals surface area (Å²) in [6.45, 7) is 3.98. The molecule has 0 fully saturated rings. The van der Waals surface area contributed by atoms with Crippen LogP contribution in [0.15, 0.2) is 30.3 Å². The van der Waals surface area contributed by atoms with E-state index in [1.54, 1.807) is 30.3 Å². The summed E-state index contributed by atoms with van der Waals surface area (Å²) >= 11 is 0. The van der Waals surface area contributed by atoms with Crippen LogP contribution in [0.5, 0.6) is 5.75 Å². The summed E-state index contributed by atoms with van der Waals surface area (Å²) in [5.74, 6) is -2.19. The lowest BCUT2D eigenvalue weighted by atomic mass is 9.98. The molecular formula is C14H18O4. The number of para-hydroxylation sites is 1. The number of rotatable bonds is 6. The molecule has 0 aromatic heterocycles. The lowest BCUT2D eigenvalue weighted by Crippen LogP contribution is -2.28. The Balaban J connectivity index is 2.63. The minimum Gasteiger partial charge on any atom is -0.481 e. The predicted octanol–water partition coefficient (Wildman–Crippen LogP) is 2.73. The molecule has 0 aliphatic rings. The summed E-state index contributed by atoms with van der Waals surface area (Å²) in [4.78, 5) is 22.8. The number of hydrogen-bond acceptors (Lipinski definition) is 3. The van der Waals surface area contributed by atoms with E-state index in [2.05, 4.69) is 0 Å². The maximum atomic E-state index is 11.8. The van der Waals surface area contributed by atoms with E-state index in [4.69, 9.17) is 9.84 Å². The Labute approximate surface area is 107 Å². The third-order valence-corrected chi connectivity index (χ3v) is 2.58. The number of ether oxygens (including phenoxy) is 1. The first-order chi connectivity index (χ1) is 8.50. The van der Waals surface area contributed by atoms with Gasteiger partial charge >= 0.3 is 11.9 Å². The number of carbonyl (C=O) groups is 2. The van der Waals surface area contributed by atoms with E-state index in [1.165, 1.54) is 0 Å². The first kappa shape index (κ1) is 14.2. The van der Waals surface area contributed by atoms with Gasteiger partial charge in [0.05, 0.1) is 0 Å². The number of esters is 1. The van der Waals surface area contributed by atoms with Crippen molar-refractivity contribution < 1.29 is 19.4 Å². The molecule has 18 heavy (non-hydrogen) atoms. The van der Waals surface area contributed by atoms with Crippen LogP contribution in [0.3, 0.4) is 0 Å². The number of hydrogen-bond donors (Lipinski definition) is 1. The third kappa shape index (κ3) is 4.57. The topological polar surface area (TPSA) is 63.6 Å². The molecule has 4 nitrogen and oxygen atoms in total. The minimum absolute atomic E-state index is 0.304. The Morgan fingerprint density at radius 2 is 1.78 bits per heavy atom. The molecule has 1 atom stereocenters. The van der Waals surface area contributed by atoms with E-state index in [0.717, 1.165) is 0 Å². The molecule has 0 aliphatic heterocycles. The van der Waals surface area contributed by atoms with Gasteiger partial charge < -0.3 is 9.84 Å². The Bertz CT molecular complexity index is 398. The van der Waals surface area contributed by atoms with E-state index < -0.39 is 17.9 Å². The largest absolute Gasteiger partial charge is 0.481 e. The third-order valence-electron chi connectivity index (χ3n) is 2.58. The summed E-state index contributed by atoms with van der Waals surface area (Å²) in [6, 6.07) is 8.50. The van der Waals surface area contributed by atoms with Gasteiger partial charge in [-0.1, -0.05) is 32.0 Å². The predicted molar refractivity (Wildman–Crippen MR) is 67.3 cm³/mol. The molecule has 1 rings (SSSR count). The van der Waals surface area contributed by atoms with Gasteiger partial charge in [0.1, 0.15) is 5.75 Å². The van der Waals surface area contributed by atoms with Crippen LogP contribution in [-0.2, 0) is 9.59 Å². The lowest BCUT2D eigenvalue weighted by Gasteiger charge is -2.12. The molecule has 0 bridgehead atoms. The van der Waals surface area contributed by atoms with Gasteiger partial charge in [-0.3, -0.25) is 9.59 Å². The number of carboxylic acids is 1. The van der Waals surface area contributed by atoms with E-state index in [0.29, 0.717) is 24.5 Å². The standard InChI is InChI=1S/C14H18O4/c1-10(2)8-9-12(13(15)16)14(17)18-11-6-4-3-5-7-11/h3-7,10,12H,8-9H2,1-2H3,(H,15,16). The van der Waals surface area contributed by atoms with Crippen molar-refractivity contribution in [1.82, 2.24) is 0 Å². The van der Waals surface area contributed by atoms with Gasteiger partial charge in [-0.2, -0.15) is 0 Å². The number of carbonyl (C=O) groups excluding carboxylic acids is 1. The van der Waals surface area contributed by atoms with Crippen molar-refractivity contribution in [2.24, 2.45) is 11.8 Å². The Morgan fingerprint density at radius 1 is 1.17 bits per heavy atom. The maximum Gasteiger partial charge on any atom is 0.325 e. The average molecular weight is 250 g/mol. The van der Waals surface area contributed by atoms with Crippen molar-refractivity contribution in [3.05, 3.63) is 30.3 Å². The molecule has 0 saturated heterocycles. The van der Waals surface area contributed by atoms with Crippen molar-refractivity contribution in [1.29, 1.82) is 0 Å². The molecule has 0 heterocycles. The zero-order valence-electron chi connectivity index (χ0n) is 10.6. The molecule has 1 aromatic carbocycles. The second kappa shape index (κ2) is 6.79. The zero-order chi connectivity index (χ0) is 13.5. The van der Waals surface area contributed by atoms with Gasteiger partial charge in [-0.15, -0.1) is 0 Å². The second-order valence-electron chi connectivity index (χ2n) is 4.60. The summed E-state index contributed by atoms with van der Waals surface area (Å²) in [7, 11) is 0. The van der Waals surface area contributed by atoms with Crippen molar-refractivity contribution >= 4 is 11.9 Å². The van der Waals surface area contributed by atoms with Crippen LogP contribution in [0.2, 0.25) is 0 Å². The van der Waals surface area contributed by atoms with Crippen LogP contribution in [0.4, 0.5) is 0 Å². The summed E-state index contributed by atoms with van der Waals surface area (Å²) in [6.07, 6.45) is 0.986. The van der Waals surface area contributed by atoms with Crippen molar-refractivity contribution in [2.75, 3.05) is 0 Å². The van der Waals surface area contributed by atoms with E-state index in [9.17, 15) is 9.59 Å². The lowest BCUT2D eigenvalue weighted by molar-refractivity contribution is -0.153. The highest BCUT2D eigenvalue weighted by molar-refractivity contribution is 5.94. The van der Waals surface area contributed by atoms with E-state index in [1.807, 2.05) is 13.8 Å². The zero-order valence-corrected chi connectivity index (χ0v) is 10.6. The molecule has 4 heteroatoms. The van der Waals surface area contributed by atoms with Crippen LogP contribution in [0.1, 0.15) is 26.7 Å². The van der Waals surface area contributed by atoms with Gasteiger partial charge in [-0.05, 0) is 30.9 Å². The van der Waals surface area contributed by atoms with Gasteiger partial charge in [0.25, 0.3) is 0 Å². The van der Waals surface area contributed by atoms with Gasteiger partial charge in [0, 0.05) is 0 Å². The summed E-state index contributed by atoms with van der Waals surface area (Å²) in [5, 5.41) is 9.03. The molecular weight excluding hydrogens is 232 g/mol. The molecule has 0 aliphatic carbocycles. The minimum atomic E-state index is -1.13. The van der Waals surface area contributed by atoms with Crippen LogP contribution >= 0.6 is 0 Å². The van der Waals surface area contributed by atoms with Gasteiger partial charge in [0.15, 0.2) is 5.92 Å². The Morgan fingerprint density at radius 3 is 2.28 bits per heavy atom. The number of aliphatic carboxylic acids is 1. The van der Waals surface area contributed by atoms with Crippen LogP contribution in [0, 0.1) is 11.8 Å². The van der Waals surface area contributed by atoms with E-state index in [-0.39, 0.29) is 0 Å². The van der Waals surface area contributed by atoms with Crippen LogP contribution < -0.4 is 4.74 Å². The van der Waals surface area contributed by atoms with Gasteiger partial charge in [-0.25, -0.2) is 0 Å². The summed E-state index contributed by atoms with van der Waals surface area (Å²) in [5.41, 5.74) is 0. The van der Waals surface area contributed by atoms with Crippen molar-refractivity contribution in [3.63, 3.8) is 0 Å². The molecule has 98 valence electrons. The first-order valence-corrected chi connectivity index (χ1v) is 6.00. The van der Waals surface area contributed by atoms with Crippen molar-refractivity contribution in [3.8, 4) is 5.75 Å². The second-order valence-corrected chi connectivity index (χ2v) is 4.60. The highest BCUT2D eigenvalue weighted by Gasteiger charge is 2.28. The quantitative estimate of drug-likeness (QED) is 0.479. The molecule has 1 unspecified atom stereocenters. The molecule has 1 aromatic rings. The highest BCUT2D eigenvalue weighted by atomic mass is 16.5. The fraction of sp³-hybridized carbons (Fsp3) is 0.429.